The summed E-state index contributed by atoms with van der Waals surface area (Å²) in [6.07, 6.45) is 2.95. The first-order valence-corrected chi connectivity index (χ1v) is 5.73. The predicted molar refractivity (Wildman–Crippen MR) is 64.0 cm³/mol. The number of rotatable bonds is 4. The van der Waals surface area contributed by atoms with Crippen LogP contribution < -0.4 is 15.2 Å². The SMILES string of the molecule is COc1ccc2c(c1)CC(C)(CCCN)O2. The summed E-state index contributed by atoms with van der Waals surface area (Å²) in [6.45, 7) is 2.87. The summed E-state index contributed by atoms with van der Waals surface area (Å²) in [5, 5.41) is 0. The highest BCUT2D eigenvalue weighted by molar-refractivity contribution is 5.44. The minimum absolute atomic E-state index is 0.0892. The molecule has 1 aromatic carbocycles. The monoisotopic (exact) mass is 221 g/mol. The molecule has 1 aromatic rings. The van der Waals surface area contributed by atoms with E-state index in [9.17, 15) is 0 Å². The van der Waals surface area contributed by atoms with E-state index in [4.69, 9.17) is 15.2 Å². The van der Waals surface area contributed by atoms with Crippen LogP contribution in [-0.4, -0.2) is 19.3 Å². The van der Waals surface area contributed by atoms with Crippen molar-refractivity contribution in [2.24, 2.45) is 5.73 Å². The largest absolute Gasteiger partial charge is 0.497 e. The number of hydrogen-bond acceptors (Lipinski definition) is 3. The maximum absolute atomic E-state index is 5.98. The van der Waals surface area contributed by atoms with Crippen LogP contribution in [-0.2, 0) is 6.42 Å². The zero-order valence-electron chi connectivity index (χ0n) is 9.95. The van der Waals surface area contributed by atoms with Gasteiger partial charge >= 0.3 is 0 Å². The third kappa shape index (κ3) is 2.14. The second-order valence-electron chi connectivity index (χ2n) is 4.59. The van der Waals surface area contributed by atoms with Gasteiger partial charge in [-0.25, -0.2) is 0 Å². The third-order valence-electron chi connectivity index (χ3n) is 3.10. The molecule has 3 nitrogen and oxygen atoms in total. The van der Waals surface area contributed by atoms with E-state index in [0.717, 1.165) is 37.3 Å². The molecular weight excluding hydrogens is 202 g/mol. The van der Waals surface area contributed by atoms with Crippen molar-refractivity contribution in [1.29, 1.82) is 0 Å². The van der Waals surface area contributed by atoms with Gasteiger partial charge < -0.3 is 15.2 Å². The van der Waals surface area contributed by atoms with Gasteiger partial charge in [0.25, 0.3) is 0 Å². The van der Waals surface area contributed by atoms with Gasteiger partial charge in [-0.2, -0.15) is 0 Å². The Kier molecular flexibility index (Phi) is 3.06. The first kappa shape index (κ1) is 11.3. The van der Waals surface area contributed by atoms with Crippen LogP contribution in [0.3, 0.4) is 0 Å². The average molecular weight is 221 g/mol. The summed E-state index contributed by atoms with van der Waals surface area (Å²) in [5.41, 5.74) is 6.69. The molecular formula is C13H19NO2. The summed E-state index contributed by atoms with van der Waals surface area (Å²) < 4.78 is 11.2. The Morgan fingerprint density at radius 3 is 3.00 bits per heavy atom. The van der Waals surface area contributed by atoms with Gasteiger partial charge in [-0.15, -0.1) is 0 Å². The molecule has 1 heterocycles. The first-order valence-electron chi connectivity index (χ1n) is 5.73. The minimum atomic E-state index is -0.0892. The minimum Gasteiger partial charge on any atom is -0.497 e. The van der Waals surface area contributed by atoms with Crippen molar-refractivity contribution in [3.05, 3.63) is 23.8 Å². The number of fused-ring (bicyclic) bond motifs is 1. The molecule has 0 radical (unpaired) electrons. The summed E-state index contributed by atoms with van der Waals surface area (Å²) in [4.78, 5) is 0. The molecule has 2 rings (SSSR count). The molecule has 0 aromatic heterocycles. The zero-order chi connectivity index (χ0) is 11.6. The number of methoxy groups -OCH3 is 1. The summed E-state index contributed by atoms with van der Waals surface area (Å²) >= 11 is 0. The Bertz CT molecular complexity index is 378. The fraction of sp³-hybridized carbons (Fsp3) is 0.538. The lowest BCUT2D eigenvalue weighted by Crippen LogP contribution is -2.30. The summed E-state index contributed by atoms with van der Waals surface area (Å²) in [7, 11) is 1.69. The van der Waals surface area contributed by atoms with Crippen LogP contribution >= 0.6 is 0 Å². The van der Waals surface area contributed by atoms with Crippen LogP contribution in [0.2, 0.25) is 0 Å². The standard InChI is InChI=1S/C13H19NO2/c1-13(6-3-7-14)9-10-8-11(15-2)4-5-12(10)16-13/h4-5,8H,3,6-7,9,14H2,1-2H3. The van der Waals surface area contributed by atoms with Gasteiger partial charge in [-0.3, -0.25) is 0 Å². The highest BCUT2D eigenvalue weighted by atomic mass is 16.5. The van der Waals surface area contributed by atoms with Crippen LogP contribution in [0, 0.1) is 0 Å². The molecule has 3 heteroatoms. The molecule has 2 N–H and O–H groups in total. The van der Waals surface area contributed by atoms with Gasteiger partial charge in [0.1, 0.15) is 17.1 Å². The lowest BCUT2D eigenvalue weighted by molar-refractivity contribution is 0.104. The summed E-state index contributed by atoms with van der Waals surface area (Å²) in [5.74, 6) is 1.88. The maximum Gasteiger partial charge on any atom is 0.123 e. The van der Waals surface area contributed by atoms with E-state index in [1.54, 1.807) is 7.11 Å². The molecule has 0 spiro atoms. The zero-order valence-corrected chi connectivity index (χ0v) is 9.95. The van der Waals surface area contributed by atoms with E-state index in [1.165, 1.54) is 5.56 Å². The van der Waals surface area contributed by atoms with Gasteiger partial charge in [-0.1, -0.05) is 0 Å². The fourth-order valence-electron chi connectivity index (χ4n) is 2.24. The van der Waals surface area contributed by atoms with Crippen LogP contribution in [0.1, 0.15) is 25.3 Å². The van der Waals surface area contributed by atoms with Crippen LogP contribution in [0.5, 0.6) is 11.5 Å². The van der Waals surface area contributed by atoms with E-state index >= 15 is 0 Å². The first-order chi connectivity index (χ1) is 7.67. The molecule has 0 aliphatic carbocycles. The van der Waals surface area contributed by atoms with Crippen molar-refractivity contribution in [3.63, 3.8) is 0 Å². The van der Waals surface area contributed by atoms with E-state index in [0.29, 0.717) is 0 Å². The Morgan fingerprint density at radius 2 is 2.31 bits per heavy atom. The van der Waals surface area contributed by atoms with Crippen LogP contribution in [0.25, 0.3) is 0 Å². The van der Waals surface area contributed by atoms with Crippen molar-refractivity contribution < 1.29 is 9.47 Å². The molecule has 1 unspecified atom stereocenters. The Morgan fingerprint density at radius 1 is 1.50 bits per heavy atom. The molecule has 0 saturated heterocycles. The van der Waals surface area contributed by atoms with Crippen molar-refractivity contribution in [2.45, 2.75) is 31.8 Å². The molecule has 1 aliphatic rings. The topological polar surface area (TPSA) is 44.5 Å². The highest BCUT2D eigenvalue weighted by Crippen LogP contribution is 2.39. The molecule has 1 aliphatic heterocycles. The molecule has 1 atom stereocenters. The van der Waals surface area contributed by atoms with Crippen molar-refractivity contribution in [1.82, 2.24) is 0 Å². The van der Waals surface area contributed by atoms with Crippen molar-refractivity contribution in [3.8, 4) is 11.5 Å². The number of hydrogen-bond donors (Lipinski definition) is 1. The average Bonchev–Trinajstić information content (AvgIpc) is 2.62. The van der Waals surface area contributed by atoms with Gasteiger partial charge in [-0.05, 0) is 44.5 Å². The lowest BCUT2D eigenvalue weighted by Gasteiger charge is -2.23. The van der Waals surface area contributed by atoms with E-state index < -0.39 is 0 Å². The molecule has 88 valence electrons. The van der Waals surface area contributed by atoms with Crippen molar-refractivity contribution in [2.75, 3.05) is 13.7 Å². The van der Waals surface area contributed by atoms with Gasteiger partial charge in [0.05, 0.1) is 7.11 Å². The lowest BCUT2D eigenvalue weighted by atomic mass is 9.94. The quantitative estimate of drug-likeness (QED) is 0.847. The van der Waals surface area contributed by atoms with Crippen LogP contribution in [0.15, 0.2) is 18.2 Å². The highest BCUT2D eigenvalue weighted by Gasteiger charge is 2.34. The molecule has 0 bridgehead atoms. The van der Waals surface area contributed by atoms with Gasteiger partial charge in [0.2, 0.25) is 0 Å². The third-order valence-corrected chi connectivity index (χ3v) is 3.10. The predicted octanol–water partition coefficient (Wildman–Crippen LogP) is 2.13. The molecule has 0 saturated carbocycles. The van der Waals surface area contributed by atoms with Gasteiger partial charge in [0.15, 0.2) is 0 Å². The Balaban J connectivity index is 2.13. The second kappa shape index (κ2) is 4.34. The van der Waals surface area contributed by atoms with E-state index in [1.807, 2.05) is 12.1 Å². The number of nitrogens with two attached hydrogens (primary N) is 1. The Hall–Kier alpha value is -1.22. The van der Waals surface area contributed by atoms with Crippen molar-refractivity contribution >= 4 is 0 Å². The fourth-order valence-corrected chi connectivity index (χ4v) is 2.24. The van der Waals surface area contributed by atoms with Gasteiger partial charge in [0, 0.05) is 12.0 Å². The molecule has 16 heavy (non-hydrogen) atoms. The maximum atomic E-state index is 5.98. The number of benzene rings is 1. The van der Waals surface area contributed by atoms with E-state index in [-0.39, 0.29) is 5.60 Å². The number of ether oxygens (including phenoxy) is 2. The van der Waals surface area contributed by atoms with E-state index in [2.05, 4.69) is 13.0 Å². The van der Waals surface area contributed by atoms with Crippen LogP contribution in [0.4, 0.5) is 0 Å². The summed E-state index contributed by atoms with van der Waals surface area (Å²) in [6, 6.07) is 5.98. The normalized spacial score (nSPS) is 22.7. The molecule has 0 amide bonds. The second-order valence-corrected chi connectivity index (χ2v) is 4.59. The molecule has 0 fully saturated rings. The Labute approximate surface area is 96.5 Å². The smallest absolute Gasteiger partial charge is 0.123 e.